The fraction of sp³-hybridized carbons (Fsp3) is 0.364. The van der Waals surface area contributed by atoms with Gasteiger partial charge in [-0.2, -0.15) is 0 Å². The Balaban J connectivity index is 1.95. The van der Waals surface area contributed by atoms with E-state index < -0.39 is 0 Å². The highest BCUT2D eigenvalue weighted by Crippen LogP contribution is 2.52. The van der Waals surface area contributed by atoms with Crippen LogP contribution in [0.1, 0.15) is 18.4 Å². The van der Waals surface area contributed by atoms with Gasteiger partial charge in [-0.05, 0) is 41.9 Å². The minimum Gasteiger partial charge on any atom is -0.264 e. The van der Waals surface area contributed by atoms with Crippen molar-refractivity contribution in [1.29, 1.82) is 0 Å². The largest absolute Gasteiger partial charge is 0.264 e. The van der Waals surface area contributed by atoms with E-state index in [9.17, 15) is 0 Å². The average Bonchev–Trinajstić information content (AvgIpc) is 2.75. The minimum absolute atomic E-state index is 0.917. The monoisotopic (exact) mass is 157 g/mol. The minimum atomic E-state index is 0.917. The van der Waals surface area contributed by atoms with Crippen LogP contribution in [0, 0.1) is 11.8 Å². The highest BCUT2D eigenvalue weighted by atomic mass is 14.6. The normalized spacial score (nSPS) is 31.2. The van der Waals surface area contributed by atoms with E-state index in [2.05, 4.69) is 17.1 Å². The van der Waals surface area contributed by atoms with E-state index in [0.717, 1.165) is 11.8 Å². The first kappa shape index (κ1) is 6.41. The number of hydrogen-bond acceptors (Lipinski definition) is 1. The van der Waals surface area contributed by atoms with Crippen LogP contribution >= 0.6 is 0 Å². The zero-order chi connectivity index (χ0) is 7.97. The maximum Gasteiger partial charge on any atom is 0.0342 e. The lowest BCUT2D eigenvalue weighted by molar-refractivity contribution is 0.862. The zero-order valence-corrected chi connectivity index (χ0v) is 6.90. The summed E-state index contributed by atoms with van der Waals surface area (Å²) >= 11 is 0. The molecule has 1 aromatic heterocycles. The molecule has 2 atom stereocenters. The van der Waals surface area contributed by atoms with Crippen molar-refractivity contribution in [1.82, 2.24) is 4.98 Å². The smallest absolute Gasteiger partial charge is 0.0342 e. The fourth-order valence-corrected chi connectivity index (χ4v) is 2.09. The van der Waals surface area contributed by atoms with Gasteiger partial charge in [-0.25, -0.2) is 0 Å². The predicted molar refractivity (Wildman–Crippen MR) is 48.4 cm³/mol. The lowest BCUT2D eigenvalue weighted by atomic mass is 10.1. The summed E-state index contributed by atoms with van der Waals surface area (Å²) in [5.41, 5.74) is 2.84. The van der Waals surface area contributed by atoms with Crippen LogP contribution in [0.15, 0.2) is 30.6 Å². The Labute approximate surface area is 72.1 Å². The van der Waals surface area contributed by atoms with Gasteiger partial charge in [0.2, 0.25) is 0 Å². The Bertz CT molecular complexity index is 326. The summed E-state index contributed by atoms with van der Waals surface area (Å²) in [6, 6.07) is 4.17. The first-order chi connectivity index (χ1) is 5.93. The van der Waals surface area contributed by atoms with Gasteiger partial charge >= 0.3 is 0 Å². The van der Waals surface area contributed by atoms with Crippen molar-refractivity contribution in [2.75, 3.05) is 0 Å². The molecule has 0 amide bonds. The van der Waals surface area contributed by atoms with E-state index in [-0.39, 0.29) is 0 Å². The second kappa shape index (κ2) is 2.19. The first-order valence-electron chi connectivity index (χ1n) is 4.54. The molecule has 2 aliphatic rings. The van der Waals surface area contributed by atoms with Crippen molar-refractivity contribution >= 4 is 5.57 Å². The Kier molecular flexibility index (Phi) is 1.17. The molecule has 1 nitrogen and oxygen atoms in total. The summed E-state index contributed by atoms with van der Waals surface area (Å²) in [7, 11) is 0. The average molecular weight is 157 g/mol. The number of aromatic nitrogens is 1. The van der Waals surface area contributed by atoms with Gasteiger partial charge in [-0.1, -0.05) is 12.1 Å². The Hall–Kier alpha value is -1.11. The van der Waals surface area contributed by atoms with E-state index in [0.29, 0.717) is 0 Å². The van der Waals surface area contributed by atoms with Gasteiger partial charge in [0.05, 0.1) is 0 Å². The SMILES string of the molecule is C1=C(c2cccnc2)C[C@H]2C[C@@H]12. The van der Waals surface area contributed by atoms with Crippen molar-refractivity contribution < 1.29 is 0 Å². The highest BCUT2D eigenvalue weighted by Gasteiger charge is 2.40. The number of hydrogen-bond donors (Lipinski definition) is 0. The maximum atomic E-state index is 4.13. The summed E-state index contributed by atoms with van der Waals surface area (Å²) in [5, 5.41) is 0. The van der Waals surface area contributed by atoms with Crippen LogP contribution in [0.2, 0.25) is 0 Å². The van der Waals surface area contributed by atoms with Crippen LogP contribution in [-0.2, 0) is 0 Å². The fourth-order valence-electron chi connectivity index (χ4n) is 2.09. The van der Waals surface area contributed by atoms with E-state index >= 15 is 0 Å². The van der Waals surface area contributed by atoms with Crippen molar-refractivity contribution in [3.8, 4) is 0 Å². The van der Waals surface area contributed by atoms with Gasteiger partial charge in [0.25, 0.3) is 0 Å². The molecule has 3 rings (SSSR count). The van der Waals surface area contributed by atoms with Gasteiger partial charge in [0, 0.05) is 12.4 Å². The zero-order valence-electron chi connectivity index (χ0n) is 6.90. The summed E-state index contributed by atoms with van der Waals surface area (Å²) < 4.78 is 0. The molecule has 0 aliphatic heterocycles. The quantitative estimate of drug-likeness (QED) is 0.610. The predicted octanol–water partition coefficient (Wildman–Crippen LogP) is 2.50. The second-order valence-electron chi connectivity index (χ2n) is 3.80. The lowest BCUT2D eigenvalue weighted by Crippen LogP contribution is -1.83. The molecule has 1 aromatic rings. The van der Waals surface area contributed by atoms with Crippen LogP contribution < -0.4 is 0 Å². The van der Waals surface area contributed by atoms with Crippen LogP contribution in [0.5, 0.6) is 0 Å². The molecule has 12 heavy (non-hydrogen) atoms. The number of nitrogens with zero attached hydrogens (tertiary/aromatic N) is 1. The molecular formula is C11H11N. The van der Waals surface area contributed by atoms with Crippen LogP contribution in [0.25, 0.3) is 5.57 Å². The van der Waals surface area contributed by atoms with Crippen LogP contribution in [0.4, 0.5) is 0 Å². The summed E-state index contributed by atoms with van der Waals surface area (Å²) in [5.74, 6) is 1.90. The van der Waals surface area contributed by atoms with Crippen LogP contribution in [-0.4, -0.2) is 4.98 Å². The molecule has 0 unspecified atom stereocenters. The van der Waals surface area contributed by atoms with Gasteiger partial charge in [0.1, 0.15) is 0 Å². The number of fused-ring (bicyclic) bond motifs is 1. The Morgan fingerprint density at radius 3 is 3.08 bits per heavy atom. The molecule has 1 heterocycles. The summed E-state index contributed by atoms with van der Waals surface area (Å²) in [4.78, 5) is 4.13. The molecule has 0 N–H and O–H groups in total. The van der Waals surface area contributed by atoms with E-state index in [1.165, 1.54) is 24.0 Å². The van der Waals surface area contributed by atoms with E-state index in [1.807, 2.05) is 18.5 Å². The van der Waals surface area contributed by atoms with Crippen molar-refractivity contribution in [3.63, 3.8) is 0 Å². The summed E-state index contributed by atoms with van der Waals surface area (Å²) in [6.45, 7) is 0. The van der Waals surface area contributed by atoms with Gasteiger partial charge in [-0.3, -0.25) is 4.98 Å². The Morgan fingerprint density at radius 1 is 1.42 bits per heavy atom. The van der Waals surface area contributed by atoms with E-state index in [4.69, 9.17) is 0 Å². The number of allylic oxidation sites excluding steroid dienone is 2. The van der Waals surface area contributed by atoms with Gasteiger partial charge in [-0.15, -0.1) is 0 Å². The first-order valence-corrected chi connectivity index (χ1v) is 4.54. The summed E-state index contributed by atoms with van der Waals surface area (Å²) in [6.07, 6.45) is 8.96. The molecular weight excluding hydrogens is 146 g/mol. The van der Waals surface area contributed by atoms with Crippen molar-refractivity contribution in [2.24, 2.45) is 11.8 Å². The van der Waals surface area contributed by atoms with Gasteiger partial charge in [0.15, 0.2) is 0 Å². The number of rotatable bonds is 1. The lowest BCUT2D eigenvalue weighted by Gasteiger charge is -2.01. The number of pyridine rings is 1. The van der Waals surface area contributed by atoms with E-state index in [1.54, 1.807) is 0 Å². The topological polar surface area (TPSA) is 12.9 Å². The molecule has 1 saturated carbocycles. The molecule has 0 saturated heterocycles. The third-order valence-electron chi connectivity index (χ3n) is 2.91. The van der Waals surface area contributed by atoms with Crippen LogP contribution in [0.3, 0.4) is 0 Å². The standard InChI is InChI=1S/C11H11N/c1-2-8(7-12-3-1)9-4-10-6-11(10)5-9/h1-4,7,10-11H,5-6H2/t10-,11+/m1/s1. The molecule has 2 aliphatic carbocycles. The maximum absolute atomic E-state index is 4.13. The molecule has 0 spiro atoms. The van der Waals surface area contributed by atoms with Gasteiger partial charge < -0.3 is 0 Å². The van der Waals surface area contributed by atoms with Crippen molar-refractivity contribution in [2.45, 2.75) is 12.8 Å². The highest BCUT2D eigenvalue weighted by molar-refractivity contribution is 5.68. The molecule has 1 fully saturated rings. The third-order valence-corrected chi connectivity index (χ3v) is 2.91. The molecule has 0 bridgehead atoms. The molecule has 0 aromatic carbocycles. The second-order valence-corrected chi connectivity index (χ2v) is 3.80. The third kappa shape index (κ3) is 0.893. The molecule has 0 radical (unpaired) electrons. The van der Waals surface area contributed by atoms with Crippen molar-refractivity contribution in [3.05, 3.63) is 36.2 Å². The Morgan fingerprint density at radius 2 is 2.42 bits per heavy atom. The molecule has 60 valence electrons. The molecule has 1 heteroatoms.